The molecular formula is C6H4ClNaS. The van der Waals surface area contributed by atoms with Crippen molar-refractivity contribution in [3.63, 3.8) is 0 Å². The third kappa shape index (κ3) is 2.87. The van der Waals surface area contributed by atoms with Gasteiger partial charge in [0.15, 0.2) is 0 Å². The average molecular weight is 167 g/mol. The van der Waals surface area contributed by atoms with Crippen LogP contribution in [0.3, 0.4) is 0 Å². The van der Waals surface area contributed by atoms with Gasteiger partial charge in [-0.15, -0.1) is 0 Å². The van der Waals surface area contributed by atoms with E-state index in [1.807, 2.05) is 12.1 Å². The maximum Gasteiger partial charge on any atom is 1.00 e. The molecule has 1 aromatic carbocycles. The minimum absolute atomic E-state index is 0. The van der Waals surface area contributed by atoms with Crippen LogP contribution in [0.15, 0.2) is 29.2 Å². The SMILES string of the molecule is [Na+].[S-]c1ccccc1Cl. The van der Waals surface area contributed by atoms with Gasteiger partial charge in [-0.3, -0.25) is 0 Å². The normalized spacial score (nSPS) is 8.11. The van der Waals surface area contributed by atoms with Crippen molar-refractivity contribution in [2.24, 2.45) is 0 Å². The fourth-order valence-corrected chi connectivity index (χ4v) is 0.727. The Bertz CT molecular complexity index is 169. The van der Waals surface area contributed by atoms with Crippen molar-refractivity contribution < 1.29 is 29.6 Å². The first-order chi connectivity index (χ1) is 3.80. The van der Waals surface area contributed by atoms with Gasteiger partial charge in [-0.1, -0.05) is 29.8 Å². The van der Waals surface area contributed by atoms with Crippen molar-refractivity contribution >= 4 is 24.2 Å². The largest absolute Gasteiger partial charge is 1.00 e. The number of benzene rings is 1. The van der Waals surface area contributed by atoms with Crippen LogP contribution < -0.4 is 29.6 Å². The Kier molecular flexibility index (Phi) is 4.90. The first-order valence-corrected chi connectivity index (χ1v) is 3.01. The predicted octanol–water partition coefficient (Wildman–Crippen LogP) is -0.750. The van der Waals surface area contributed by atoms with Gasteiger partial charge in [0.05, 0.1) is 0 Å². The maximum absolute atomic E-state index is 5.60. The zero-order chi connectivity index (χ0) is 5.98. The second kappa shape index (κ2) is 4.53. The smallest absolute Gasteiger partial charge is 0.778 e. The van der Waals surface area contributed by atoms with E-state index in [1.165, 1.54) is 0 Å². The molecule has 0 bridgehead atoms. The minimum Gasteiger partial charge on any atom is -0.778 e. The molecule has 0 nitrogen and oxygen atoms in total. The second-order valence-electron chi connectivity index (χ2n) is 1.43. The topological polar surface area (TPSA) is 0 Å². The van der Waals surface area contributed by atoms with Crippen molar-refractivity contribution in [2.45, 2.75) is 4.90 Å². The van der Waals surface area contributed by atoms with Crippen LogP contribution in [0.4, 0.5) is 0 Å². The number of rotatable bonds is 0. The Labute approximate surface area is 87.3 Å². The summed E-state index contributed by atoms with van der Waals surface area (Å²) in [5, 5.41) is 0.655. The number of halogens is 1. The molecule has 0 aliphatic rings. The molecule has 0 saturated carbocycles. The van der Waals surface area contributed by atoms with Crippen LogP contribution in [0.2, 0.25) is 5.02 Å². The van der Waals surface area contributed by atoms with Gasteiger partial charge >= 0.3 is 29.6 Å². The fourth-order valence-electron chi connectivity index (χ4n) is 0.445. The van der Waals surface area contributed by atoms with E-state index in [2.05, 4.69) is 0 Å². The van der Waals surface area contributed by atoms with Crippen LogP contribution in [-0.2, 0) is 12.6 Å². The van der Waals surface area contributed by atoms with Gasteiger partial charge in [-0.25, -0.2) is 0 Å². The van der Waals surface area contributed by atoms with Gasteiger partial charge in [-0.05, 0) is 6.07 Å². The third-order valence-electron chi connectivity index (χ3n) is 0.837. The van der Waals surface area contributed by atoms with Crippen molar-refractivity contribution in [3.05, 3.63) is 29.3 Å². The summed E-state index contributed by atoms with van der Waals surface area (Å²) in [7, 11) is 0. The van der Waals surface area contributed by atoms with Crippen LogP contribution >= 0.6 is 11.6 Å². The van der Waals surface area contributed by atoms with E-state index in [0.29, 0.717) is 9.92 Å². The van der Waals surface area contributed by atoms with Gasteiger partial charge in [0.1, 0.15) is 0 Å². The molecule has 0 unspecified atom stereocenters. The molecule has 9 heavy (non-hydrogen) atoms. The van der Waals surface area contributed by atoms with Crippen molar-refractivity contribution in [2.75, 3.05) is 0 Å². The molecular weight excluding hydrogens is 163 g/mol. The molecule has 0 fully saturated rings. The van der Waals surface area contributed by atoms with Gasteiger partial charge in [0, 0.05) is 5.02 Å². The second-order valence-corrected chi connectivity index (χ2v) is 2.28. The summed E-state index contributed by atoms with van der Waals surface area (Å²) < 4.78 is 0. The number of hydrogen-bond acceptors (Lipinski definition) is 1. The Morgan fingerprint density at radius 1 is 1.22 bits per heavy atom. The minimum atomic E-state index is 0. The van der Waals surface area contributed by atoms with E-state index in [9.17, 15) is 0 Å². The van der Waals surface area contributed by atoms with Gasteiger partial charge < -0.3 is 12.6 Å². The molecule has 0 aromatic heterocycles. The van der Waals surface area contributed by atoms with E-state index in [-0.39, 0.29) is 29.6 Å². The molecule has 1 rings (SSSR count). The summed E-state index contributed by atoms with van der Waals surface area (Å²) in [4.78, 5) is 0.717. The monoisotopic (exact) mass is 166 g/mol. The molecule has 0 saturated heterocycles. The zero-order valence-corrected chi connectivity index (χ0v) is 8.67. The molecule has 0 aliphatic carbocycles. The van der Waals surface area contributed by atoms with Gasteiger partial charge in [0.25, 0.3) is 0 Å². The molecule has 0 heterocycles. The number of hydrogen-bond donors (Lipinski definition) is 0. The Morgan fingerprint density at radius 2 is 1.78 bits per heavy atom. The summed E-state index contributed by atoms with van der Waals surface area (Å²) >= 11 is 10.4. The van der Waals surface area contributed by atoms with Crippen molar-refractivity contribution in [1.82, 2.24) is 0 Å². The van der Waals surface area contributed by atoms with E-state index in [1.54, 1.807) is 12.1 Å². The third-order valence-corrected chi connectivity index (χ3v) is 1.63. The maximum atomic E-state index is 5.60. The molecule has 0 atom stereocenters. The van der Waals surface area contributed by atoms with Crippen LogP contribution in [0, 0.1) is 0 Å². The first-order valence-electron chi connectivity index (χ1n) is 2.22. The van der Waals surface area contributed by atoms with Crippen LogP contribution in [0.1, 0.15) is 0 Å². The first kappa shape index (κ1) is 9.73. The Balaban J connectivity index is 0.000000640. The van der Waals surface area contributed by atoms with Crippen LogP contribution in [0.25, 0.3) is 0 Å². The summed E-state index contributed by atoms with van der Waals surface area (Å²) in [6.45, 7) is 0. The van der Waals surface area contributed by atoms with Gasteiger partial charge in [0.2, 0.25) is 0 Å². The van der Waals surface area contributed by atoms with Crippen LogP contribution in [-0.4, -0.2) is 0 Å². The van der Waals surface area contributed by atoms with E-state index >= 15 is 0 Å². The Hall–Kier alpha value is 0.730. The standard InChI is InChI=1S/C6H5ClS.Na/c7-5-3-1-2-4-6(5)8;/h1-4,8H;/q;+1/p-1. The molecule has 0 aliphatic heterocycles. The fraction of sp³-hybridized carbons (Fsp3) is 0. The molecule has 0 spiro atoms. The average Bonchev–Trinajstić information content (AvgIpc) is 1.77. The zero-order valence-electron chi connectivity index (χ0n) is 5.10. The Morgan fingerprint density at radius 3 is 2.11 bits per heavy atom. The van der Waals surface area contributed by atoms with E-state index < -0.39 is 0 Å². The molecule has 1 aromatic rings. The molecule has 3 heteroatoms. The molecule has 0 radical (unpaired) electrons. The van der Waals surface area contributed by atoms with Crippen LogP contribution in [0.5, 0.6) is 0 Å². The summed E-state index contributed by atoms with van der Waals surface area (Å²) in [6.07, 6.45) is 0. The quantitative estimate of drug-likeness (QED) is 0.361. The van der Waals surface area contributed by atoms with Gasteiger partial charge in [-0.2, -0.15) is 4.90 Å². The summed E-state index contributed by atoms with van der Waals surface area (Å²) in [6, 6.07) is 7.31. The predicted molar refractivity (Wildman–Crippen MR) is 37.1 cm³/mol. The van der Waals surface area contributed by atoms with Crippen molar-refractivity contribution in [3.8, 4) is 0 Å². The van der Waals surface area contributed by atoms with Crippen molar-refractivity contribution in [1.29, 1.82) is 0 Å². The summed E-state index contributed by atoms with van der Waals surface area (Å²) in [5.74, 6) is 0. The van der Waals surface area contributed by atoms with E-state index in [0.717, 1.165) is 0 Å². The van der Waals surface area contributed by atoms with E-state index in [4.69, 9.17) is 24.2 Å². The molecule has 0 N–H and O–H groups in total. The molecule has 0 amide bonds. The summed E-state index contributed by atoms with van der Waals surface area (Å²) in [5.41, 5.74) is 0. The molecule has 42 valence electrons.